The van der Waals surface area contributed by atoms with Gasteiger partial charge in [0.15, 0.2) is 0 Å². The molecule has 1 atom stereocenters. The van der Waals surface area contributed by atoms with Gasteiger partial charge in [-0.3, -0.25) is 0 Å². The molecule has 4 nitrogen and oxygen atoms in total. The summed E-state index contributed by atoms with van der Waals surface area (Å²) in [6, 6.07) is 8.04. The lowest BCUT2D eigenvalue weighted by atomic mass is 10.1. The molecule has 0 aliphatic rings. The standard InChI is InChI=1S/C14H16N4S/c1-2-13(14-17-7-8-19-14)18-11-3-4-12(16)10(9-11)5-6-15/h3-4,7-9,13,18H,2,5,16H2,1H3. The van der Waals surface area contributed by atoms with Crippen LogP contribution in [0.1, 0.15) is 30.0 Å². The van der Waals surface area contributed by atoms with Crippen molar-refractivity contribution in [2.75, 3.05) is 11.1 Å². The molecule has 0 bridgehead atoms. The summed E-state index contributed by atoms with van der Waals surface area (Å²) >= 11 is 1.64. The van der Waals surface area contributed by atoms with E-state index < -0.39 is 0 Å². The maximum Gasteiger partial charge on any atom is 0.115 e. The molecule has 0 spiro atoms. The topological polar surface area (TPSA) is 74.7 Å². The molecule has 0 fully saturated rings. The Morgan fingerprint density at radius 3 is 3.00 bits per heavy atom. The van der Waals surface area contributed by atoms with Crippen molar-refractivity contribution in [2.24, 2.45) is 0 Å². The second kappa shape index (κ2) is 6.21. The second-order valence-corrected chi connectivity index (χ2v) is 5.15. The molecule has 0 radical (unpaired) electrons. The molecule has 1 aromatic heterocycles. The van der Waals surface area contributed by atoms with Crippen LogP contribution < -0.4 is 11.1 Å². The number of nitrogens with two attached hydrogens (primary N) is 1. The fraction of sp³-hybridized carbons (Fsp3) is 0.286. The minimum atomic E-state index is 0.193. The van der Waals surface area contributed by atoms with Crippen molar-refractivity contribution in [3.63, 3.8) is 0 Å². The number of anilines is 2. The summed E-state index contributed by atoms with van der Waals surface area (Å²) in [5.74, 6) is 0. The van der Waals surface area contributed by atoms with E-state index in [4.69, 9.17) is 11.0 Å². The Balaban J connectivity index is 2.18. The first kappa shape index (κ1) is 13.4. The van der Waals surface area contributed by atoms with Crippen LogP contribution in [0.2, 0.25) is 0 Å². The average molecular weight is 272 g/mol. The number of thiazole rings is 1. The van der Waals surface area contributed by atoms with Crippen molar-refractivity contribution in [1.29, 1.82) is 5.26 Å². The molecule has 0 saturated heterocycles. The monoisotopic (exact) mass is 272 g/mol. The number of hydrogen-bond donors (Lipinski definition) is 2. The summed E-state index contributed by atoms with van der Waals surface area (Å²) in [6.45, 7) is 2.12. The van der Waals surface area contributed by atoms with E-state index in [1.807, 2.05) is 29.8 Å². The Morgan fingerprint density at radius 2 is 2.37 bits per heavy atom. The third-order valence-corrected chi connectivity index (χ3v) is 3.80. The molecule has 98 valence electrons. The SMILES string of the molecule is CCC(Nc1ccc(N)c(CC#N)c1)c1nccs1. The van der Waals surface area contributed by atoms with E-state index in [9.17, 15) is 0 Å². The molecular formula is C14H16N4S. The minimum absolute atomic E-state index is 0.193. The van der Waals surface area contributed by atoms with Gasteiger partial charge in [-0.1, -0.05) is 6.92 Å². The average Bonchev–Trinajstić information content (AvgIpc) is 2.93. The molecule has 0 amide bonds. The van der Waals surface area contributed by atoms with Crippen molar-refractivity contribution in [2.45, 2.75) is 25.8 Å². The maximum atomic E-state index is 8.78. The third kappa shape index (κ3) is 3.24. The van der Waals surface area contributed by atoms with Crippen molar-refractivity contribution < 1.29 is 0 Å². The Hall–Kier alpha value is -2.06. The fourth-order valence-electron chi connectivity index (χ4n) is 1.88. The number of nitrogens with one attached hydrogen (secondary N) is 1. The molecule has 0 aliphatic heterocycles. The Bertz CT molecular complexity index is 572. The van der Waals surface area contributed by atoms with Crippen molar-refractivity contribution in [3.8, 4) is 6.07 Å². The number of nitrogens with zero attached hydrogens (tertiary/aromatic N) is 2. The molecule has 2 aromatic rings. The number of nitrogen functional groups attached to an aromatic ring is 1. The molecule has 3 N–H and O–H groups in total. The van der Waals surface area contributed by atoms with Crippen molar-refractivity contribution in [3.05, 3.63) is 40.3 Å². The number of nitriles is 1. The highest BCUT2D eigenvalue weighted by Crippen LogP contribution is 2.26. The summed E-state index contributed by atoms with van der Waals surface area (Å²) in [6.07, 6.45) is 3.09. The number of benzene rings is 1. The van der Waals surface area contributed by atoms with E-state index in [2.05, 4.69) is 23.3 Å². The van der Waals surface area contributed by atoms with Gasteiger partial charge >= 0.3 is 0 Å². The van der Waals surface area contributed by atoms with Gasteiger partial charge in [0.25, 0.3) is 0 Å². The zero-order valence-corrected chi connectivity index (χ0v) is 11.6. The van der Waals surface area contributed by atoms with Crippen molar-refractivity contribution in [1.82, 2.24) is 4.98 Å². The lowest BCUT2D eigenvalue weighted by Crippen LogP contribution is -2.09. The van der Waals surface area contributed by atoms with Gasteiger partial charge in [0.05, 0.1) is 18.5 Å². The van der Waals surface area contributed by atoms with Crippen molar-refractivity contribution >= 4 is 22.7 Å². The van der Waals surface area contributed by atoms with E-state index in [-0.39, 0.29) is 6.04 Å². The molecule has 0 saturated carbocycles. The van der Waals surface area contributed by atoms with Crippen LogP contribution >= 0.6 is 11.3 Å². The van der Waals surface area contributed by atoms with Gasteiger partial charge in [-0.05, 0) is 30.2 Å². The van der Waals surface area contributed by atoms with Gasteiger partial charge in [0.1, 0.15) is 5.01 Å². The zero-order valence-electron chi connectivity index (χ0n) is 10.8. The summed E-state index contributed by atoms with van der Waals surface area (Å²) in [5.41, 5.74) is 8.34. The van der Waals surface area contributed by atoms with Crippen LogP contribution in [-0.4, -0.2) is 4.98 Å². The Labute approximate surface area is 116 Å². The second-order valence-electron chi connectivity index (χ2n) is 4.22. The van der Waals surface area contributed by atoms with Crippen LogP contribution in [0.4, 0.5) is 11.4 Å². The van der Waals surface area contributed by atoms with Crippen LogP contribution in [0, 0.1) is 11.3 Å². The number of hydrogen-bond acceptors (Lipinski definition) is 5. The van der Waals surface area contributed by atoms with E-state index in [1.165, 1.54) is 0 Å². The molecule has 2 rings (SSSR count). The predicted molar refractivity (Wildman–Crippen MR) is 78.9 cm³/mol. The van der Waals surface area contributed by atoms with Gasteiger partial charge < -0.3 is 11.1 Å². The minimum Gasteiger partial charge on any atom is -0.398 e. The summed E-state index contributed by atoms with van der Waals surface area (Å²) in [4.78, 5) is 4.34. The zero-order chi connectivity index (χ0) is 13.7. The first-order valence-corrected chi connectivity index (χ1v) is 7.03. The molecular weight excluding hydrogens is 256 g/mol. The van der Waals surface area contributed by atoms with Crippen LogP contribution in [0.25, 0.3) is 0 Å². The highest BCUT2D eigenvalue weighted by atomic mass is 32.1. The predicted octanol–water partition coefficient (Wildman–Crippen LogP) is 3.35. The molecule has 1 aromatic carbocycles. The summed E-state index contributed by atoms with van der Waals surface area (Å²) in [5, 5.41) is 15.3. The third-order valence-electron chi connectivity index (χ3n) is 2.91. The van der Waals surface area contributed by atoms with Gasteiger partial charge in [0, 0.05) is 23.0 Å². The number of aromatic nitrogens is 1. The van der Waals surface area contributed by atoms with E-state index in [0.29, 0.717) is 12.1 Å². The van der Waals surface area contributed by atoms with E-state index in [0.717, 1.165) is 22.7 Å². The van der Waals surface area contributed by atoms with Gasteiger partial charge in [0.2, 0.25) is 0 Å². The highest BCUT2D eigenvalue weighted by Gasteiger charge is 2.12. The summed E-state index contributed by atoms with van der Waals surface area (Å²) in [7, 11) is 0. The molecule has 0 aliphatic carbocycles. The van der Waals surface area contributed by atoms with Crippen LogP contribution in [0.5, 0.6) is 0 Å². The molecule has 1 unspecified atom stereocenters. The van der Waals surface area contributed by atoms with Crippen LogP contribution in [-0.2, 0) is 6.42 Å². The van der Waals surface area contributed by atoms with Gasteiger partial charge in [-0.25, -0.2) is 4.98 Å². The van der Waals surface area contributed by atoms with E-state index in [1.54, 1.807) is 11.3 Å². The first-order chi connectivity index (χ1) is 9.24. The van der Waals surface area contributed by atoms with E-state index >= 15 is 0 Å². The smallest absolute Gasteiger partial charge is 0.115 e. The lowest BCUT2D eigenvalue weighted by Gasteiger charge is -2.17. The lowest BCUT2D eigenvalue weighted by molar-refractivity contribution is 0.742. The van der Waals surface area contributed by atoms with Gasteiger partial charge in [-0.15, -0.1) is 11.3 Å². The molecule has 19 heavy (non-hydrogen) atoms. The summed E-state index contributed by atoms with van der Waals surface area (Å²) < 4.78 is 0. The van der Waals surface area contributed by atoms with Crippen LogP contribution in [0.3, 0.4) is 0 Å². The normalized spacial score (nSPS) is 11.8. The Kier molecular flexibility index (Phi) is 4.37. The van der Waals surface area contributed by atoms with Crippen LogP contribution in [0.15, 0.2) is 29.8 Å². The molecule has 5 heteroatoms. The number of rotatable bonds is 5. The largest absolute Gasteiger partial charge is 0.398 e. The van der Waals surface area contributed by atoms with Gasteiger partial charge in [-0.2, -0.15) is 5.26 Å². The highest BCUT2D eigenvalue weighted by molar-refractivity contribution is 7.09. The fourth-order valence-corrected chi connectivity index (χ4v) is 2.65. The Morgan fingerprint density at radius 1 is 1.53 bits per heavy atom. The maximum absolute atomic E-state index is 8.78. The first-order valence-electron chi connectivity index (χ1n) is 6.16. The quantitative estimate of drug-likeness (QED) is 0.818. The molecule has 1 heterocycles.